The molecule has 168 valence electrons. The third kappa shape index (κ3) is 5.18. The van der Waals surface area contributed by atoms with Crippen molar-refractivity contribution in [3.05, 3.63) is 82.9 Å². The van der Waals surface area contributed by atoms with Crippen LogP contribution in [0.3, 0.4) is 0 Å². The second-order valence-electron chi connectivity index (χ2n) is 8.46. The van der Waals surface area contributed by atoms with Crippen LogP contribution in [0.5, 0.6) is 5.75 Å². The Morgan fingerprint density at radius 3 is 2.34 bits per heavy atom. The highest BCUT2D eigenvalue weighted by atomic mass is 19.1. The Bertz CT molecular complexity index is 1040. The van der Waals surface area contributed by atoms with E-state index in [0.717, 1.165) is 55.7 Å². The number of carbonyl (C=O) groups excluding carboxylic acids is 1. The minimum absolute atomic E-state index is 0.103. The third-order valence-corrected chi connectivity index (χ3v) is 6.30. The minimum atomic E-state index is -0.264. The first-order chi connectivity index (χ1) is 15.5. The molecular weight excluding hydrogens is 405 g/mol. The molecule has 3 aromatic rings. The van der Waals surface area contributed by atoms with E-state index in [0.29, 0.717) is 18.3 Å². The lowest BCUT2D eigenvalue weighted by Gasteiger charge is -2.32. The molecule has 0 spiro atoms. The number of ether oxygens (including phenoxy) is 1. The van der Waals surface area contributed by atoms with Crippen LogP contribution in [0, 0.1) is 18.7 Å². The molecule has 1 aliphatic heterocycles. The highest BCUT2D eigenvalue weighted by Gasteiger charge is 2.26. The summed E-state index contributed by atoms with van der Waals surface area (Å²) in [5, 5.41) is 4.31. The Hall–Kier alpha value is -3.15. The summed E-state index contributed by atoms with van der Waals surface area (Å²) in [6, 6.07) is 14.6. The average molecular weight is 436 g/mol. The molecule has 1 aliphatic rings. The van der Waals surface area contributed by atoms with E-state index < -0.39 is 0 Å². The fourth-order valence-corrected chi connectivity index (χ4v) is 4.29. The first-order valence-electron chi connectivity index (χ1n) is 11.3. The van der Waals surface area contributed by atoms with Crippen molar-refractivity contribution in [3.63, 3.8) is 0 Å². The summed E-state index contributed by atoms with van der Waals surface area (Å²) in [6.07, 6.45) is 4.76. The lowest BCUT2D eigenvalue weighted by Crippen LogP contribution is -2.39. The standard InChI is InChI=1S/C26H30FN3O2/c1-3-30-19(2)25(17-28-30)26(31)29-14-12-21(13-15-29)16-20-4-6-22(7-5-20)18-32-24-10-8-23(27)9-11-24/h4-11,17,21H,3,12-16,18H2,1-2H3. The fourth-order valence-electron chi connectivity index (χ4n) is 4.29. The first kappa shape index (κ1) is 22.1. The van der Waals surface area contributed by atoms with E-state index in [1.165, 1.54) is 17.7 Å². The van der Waals surface area contributed by atoms with Gasteiger partial charge in [0.15, 0.2) is 0 Å². The molecule has 2 heterocycles. The van der Waals surface area contributed by atoms with Gasteiger partial charge < -0.3 is 9.64 Å². The lowest BCUT2D eigenvalue weighted by atomic mass is 9.89. The van der Waals surface area contributed by atoms with E-state index >= 15 is 0 Å². The summed E-state index contributed by atoms with van der Waals surface area (Å²) in [4.78, 5) is 14.8. The van der Waals surface area contributed by atoms with Gasteiger partial charge in [0.1, 0.15) is 18.2 Å². The average Bonchev–Trinajstić information content (AvgIpc) is 3.20. The zero-order valence-corrected chi connectivity index (χ0v) is 18.8. The number of hydrogen-bond donors (Lipinski definition) is 0. The van der Waals surface area contributed by atoms with Gasteiger partial charge in [0.05, 0.1) is 11.8 Å². The molecule has 5 nitrogen and oxygen atoms in total. The molecule has 2 aromatic carbocycles. The minimum Gasteiger partial charge on any atom is -0.489 e. The summed E-state index contributed by atoms with van der Waals surface area (Å²) in [5.41, 5.74) is 4.06. The topological polar surface area (TPSA) is 47.4 Å². The molecule has 0 N–H and O–H groups in total. The first-order valence-corrected chi connectivity index (χ1v) is 11.3. The molecule has 1 saturated heterocycles. The van der Waals surface area contributed by atoms with Gasteiger partial charge in [-0.05, 0) is 74.4 Å². The van der Waals surface area contributed by atoms with Gasteiger partial charge in [-0.2, -0.15) is 5.10 Å². The van der Waals surface area contributed by atoms with Crippen LogP contribution in [-0.2, 0) is 19.6 Å². The Kier molecular flexibility index (Phi) is 6.88. The van der Waals surface area contributed by atoms with Crippen LogP contribution in [0.2, 0.25) is 0 Å². The highest BCUT2D eigenvalue weighted by Crippen LogP contribution is 2.24. The molecule has 6 heteroatoms. The molecule has 0 bridgehead atoms. The monoisotopic (exact) mass is 435 g/mol. The van der Waals surface area contributed by atoms with Crippen LogP contribution < -0.4 is 4.74 Å². The van der Waals surface area contributed by atoms with Crippen molar-refractivity contribution in [3.8, 4) is 5.75 Å². The van der Waals surface area contributed by atoms with E-state index in [-0.39, 0.29) is 11.7 Å². The maximum atomic E-state index is 13.0. The van der Waals surface area contributed by atoms with E-state index in [9.17, 15) is 9.18 Å². The molecule has 0 unspecified atom stereocenters. The quantitative estimate of drug-likeness (QED) is 0.523. The van der Waals surface area contributed by atoms with Crippen LogP contribution in [0.1, 0.15) is 46.9 Å². The summed E-state index contributed by atoms with van der Waals surface area (Å²) in [5.74, 6) is 1.08. The van der Waals surface area contributed by atoms with Crippen molar-refractivity contribution in [2.24, 2.45) is 5.92 Å². The van der Waals surface area contributed by atoms with Gasteiger partial charge >= 0.3 is 0 Å². The van der Waals surface area contributed by atoms with E-state index in [1.54, 1.807) is 18.3 Å². The molecule has 1 fully saturated rings. The number of hydrogen-bond acceptors (Lipinski definition) is 3. The molecular formula is C26H30FN3O2. The number of likely N-dealkylation sites (tertiary alicyclic amines) is 1. The Morgan fingerprint density at radius 2 is 1.72 bits per heavy atom. The maximum absolute atomic E-state index is 13.0. The van der Waals surface area contributed by atoms with E-state index in [2.05, 4.69) is 29.4 Å². The molecule has 0 aliphatic carbocycles. The van der Waals surface area contributed by atoms with E-state index in [4.69, 9.17) is 4.74 Å². The van der Waals surface area contributed by atoms with Gasteiger partial charge in [-0.25, -0.2) is 4.39 Å². The highest BCUT2D eigenvalue weighted by molar-refractivity contribution is 5.95. The largest absolute Gasteiger partial charge is 0.489 e. The van der Waals surface area contributed by atoms with Crippen LogP contribution in [0.25, 0.3) is 0 Å². The van der Waals surface area contributed by atoms with Gasteiger partial charge in [-0.3, -0.25) is 9.48 Å². The zero-order chi connectivity index (χ0) is 22.5. The van der Waals surface area contributed by atoms with Crippen molar-refractivity contribution < 1.29 is 13.9 Å². The summed E-state index contributed by atoms with van der Waals surface area (Å²) >= 11 is 0. The number of halogens is 1. The van der Waals surface area contributed by atoms with Crippen molar-refractivity contribution in [1.29, 1.82) is 0 Å². The molecule has 0 radical (unpaired) electrons. The summed E-state index contributed by atoms with van der Waals surface area (Å²) in [6.45, 7) is 6.82. The molecule has 32 heavy (non-hydrogen) atoms. The molecule has 1 amide bonds. The Balaban J connectivity index is 1.25. The van der Waals surface area contributed by atoms with Gasteiger partial charge in [0.25, 0.3) is 5.91 Å². The molecule has 0 atom stereocenters. The number of carbonyl (C=O) groups is 1. The predicted molar refractivity (Wildman–Crippen MR) is 122 cm³/mol. The van der Waals surface area contributed by atoms with Crippen LogP contribution >= 0.6 is 0 Å². The predicted octanol–water partition coefficient (Wildman–Crippen LogP) is 5.02. The lowest BCUT2D eigenvalue weighted by molar-refractivity contribution is 0.0689. The number of piperidine rings is 1. The third-order valence-electron chi connectivity index (χ3n) is 6.30. The number of aromatic nitrogens is 2. The normalized spacial score (nSPS) is 14.5. The van der Waals surface area contributed by atoms with Crippen molar-refractivity contribution >= 4 is 5.91 Å². The molecule has 0 saturated carbocycles. The van der Waals surface area contributed by atoms with Gasteiger partial charge in [-0.15, -0.1) is 0 Å². The van der Waals surface area contributed by atoms with Gasteiger partial charge in [-0.1, -0.05) is 24.3 Å². The Labute approximate surface area is 188 Å². The zero-order valence-electron chi connectivity index (χ0n) is 18.8. The van der Waals surface area contributed by atoms with Crippen molar-refractivity contribution in [2.75, 3.05) is 13.1 Å². The van der Waals surface area contributed by atoms with E-state index in [1.807, 2.05) is 23.4 Å². The SMILES string of the molecule is CCn1ncc(C(=O)N2CCC(Cc3ccc(COc4ccc(F)cc4)cc3)CC2)c1C. The number of rotatable bonds is 7. The second-order valence-corrected chi connectivity index (χ2v) is 8.46. The smallest absolute Gasteiger partial charge is 0.257 e. The molecule has 1 aromatic heterocycles. The fraction of sp³-hybridized carbons (Fsp3) is 0.385. The number of aryl methyl sites for hydroxylation is 1. The van der Waals surface area contributed by atoms with Crippen LogP contribution in [0.4, 0.5) is 4.39 Å². The Morgan fingerprint density at radius 1 is 1.06 bits per heavy atom. The second kappa shape index (κ2) is 9.98. The number of amides is 1. The van der Waals surface area contributed by atoms with Crippen LogP contribution in [0.15, 0.2) is 54.7 Å². The van der Waals surface area contributed by atoms with Gasteiger partial charge in [0, 0.05) is 25.3 Å². The summed E-state index contributed by atoms with van der Waals surface area (Å²) in [7, 11) is 0. The van der Waals surface area contributed by atoms with Crippen molar-refractivity contribution in [1.82, 2.24) is 14.7 Å². The number of benzene rings is 2. The molecule has 4 rings (SSSR count). The van der Waals surface area contributed by atoms with Crippen molar-refractivity contribution in [2.45, 2.75) is 46.3 Å². The van der Waals surface area contributed by atoms with Gasteiger partial charge in [0.2, 0.25) is 0 Å². The summed E-state index contributed by atoms with van der Waals surface area (Å²) < 4.78 is 20.6. The maximum Gasteiger partial charge on any atom is 0.257 e. The number of nitrogens with zero attached hydrogens (tertiary/aromatic N) is 3. The van der Waals surface area contributed by atoms with Crippen LogP contribution in [-0.4, -0.2) is 33.7 Å².